The van der Waals surface area contributed by atoms with Crippen LogP contribution in [0.4, 0.5) is 4.39 Å². The minimum absolute atomic E-state index is 0.134. The summed E-state index contributed by atoms with van der Waals surface area (Å²) in [7, 11) is 0. The van der Waals surface area contributed by atoms with Gasteiger partial charge in [0.05, 0.1) is 0 Å². The SMILES string of the molecule is CC(C)N(Cc1cccc(F)c1)C(=O)C1CC12CCNCC2. The van der Waals surface area contributed by atoms with Crippen molar-refractivity contribution in [3.8, 4) is 0 Å². The average Bonchev–Trinajstić information content (AvgIpc) is 3.18. The number of hydrogen-bond acceptors (Lipinski definition) is 2. The van der Waals surface area contributed by atoms with Crippen LogP contribution in [0.5, 0.6) is 0 Å². The molecule has 3 nitrogen and oxygen atoms in total. The first-order valence-electron chi connectivity index (χ1n) is 8.27. The van der Waals surface area contributed by atoms with Gasteiger partial charge in [-0.15, -0.1) is 0 Å². The molecule has 1 saturated heterocycles. The molecule has 4 heteroatoms. The van der Waals surface area contributed by atoms with Crippen LogP contribution in [-0.4, -0.2) is 29.9 Å². The molecule has 1 saturated carbocycles. The normalized spacial score (nSPS) is 22.8. The summed E-state index contributed by atoms with van der Waals surface area (Å²) in [4.78, 5) is 14.8. The Hall–Kier alpha value is -1.42. The first-order chi connectivity index (χ1) is 10.5. The molecule has 1 N–H and O–H groups in total. The number of nitrogens with zero attached hydrogens (tertiary/aromatic N) is 1. The van der Waals surface area contributed by atoms with Crippen LogP contribution in [0.2, 0.25) is 0 Å². The van der Waals surface area contributed by atoms with Gasteiger partial charge in [0.25, 0.3) is 0 Å². The van der Waals surface area contributed by atoms with Crippen LogP contribution in [0.1, 0.15) is 38.7 Å². The number of benzene rings is 1. The smallest absolute Gasteiger partial charge is 0.226 e. The number of rotatable bonds is 4. The Kier molecular flexibility index (Phi) is 4.22. The molecule has 0 aromatic heterocycles. The van der Waals surface area contributed by atoms with E-state index in [0.29, 0.717) is 6.54 Å². The maximum Gasteiger partial charge on any atom is 0.226 e. The molecule has 1 unspecified atom stereocenters. The predicted octanol–water partition coefficient (Wildman–Crippen LogP) is 2.95. The van der Waals surface area contributed by atoms with E-state index in [-0.39, 0.29) is 29.1 Å². The largest absolute Gasteiger partial charge is 0.336 e. The summed E-state index contributed by atoms with van der Waals surface area (Å²) in [6.07, 6.45) is 3.24. The van der Waals surface area contributed by atoms with Crippen molar-refractivity contribution in [2.45, 2.75) is 45.7 Å². The number of hydrogen-bond donors (Lipinski definition) is 1. The summed E-state index contributed by atoms with van der Waals surface area (Å²) in [6.45, 7) is 6.62. The molecule has 2 fully saturated rings. The minimum atomic E-state index is -0.241. The van der Waals surface area contributed by atoms with Crippen LogP contribution in [0.15, 0.2) is 24.3 Å². The first-order valence-corrected chi connectivity index (χ1v) is 8.27. The lowest BCUT2D eigenvalue weighted by molar-refractivity contribution is -0.136. The van der Waals surface area contributed by atoms with Crippen LogP contribution in [0.25, 0.3) is 0 Å². The summed E-state index contributed by atoms with van der Waals surface area (Å²) in [5, 5.41) is 3.37. The van der Waals surface area contributed by atoms with E-state index in [2.05, 4.69) is 5.32 Å². The highest BCUT2D eigenvalue weighted by molar-refractivity contribution is 5.83. The maximum atomic E-state index is 13.4. The molecule has 1 aromatic carbocycles. The number of nitrogens with one attached hydrogen (secondary N) is 1. The van der Waals surface area contributed by atoms with Crippen molar-refractivity contribution < 1.29 is 9.18 Å². The van der Waals surface area contributed by atoms with E-state index >= 15 is 0 Å². The fourth-order valence-electron chi connectivity index (χ4n) is 3.72. The molecule has 1 aliphatic heterocycles. The zero-order valence-electron chi connectivity index (χ0n) is 13.4. The van der Waals surface area contributed by atoms with Crippen molar-refractivity contribution in [3.63, 3.8) is 0 Å². The van der Waals surface area contributed by atoms with E-state index in [1.54, 1.807) is 6.07 Å². The van der Waals surface area contributed by atoms with Gasteiger partial charge < -0.3 is 10.2 Å². The predicted molar refractivity (Wildman–Crippen MR) is 84.7 cm³/mol. The van der Waals surface area contributed by atoms with Gasteiger partial charge in [0, 0.05) is 18.5 Å². The monoisotopic (exact) mass is 304 g/mol. The highest BCUT2D eigenvalue weighted by Crippen LogP contribution is 2.59. The van der Waals surface area contributed by atoms with Crippen LogP contribution >= 0.6 is 0 Å². The molecular formula is C18H25FN2O. The highest BCUT2D eigenvalue weighted by Gasteiger charge is 2.58. The van der Waals surface area contributed by atoms with E-state index in [4.69, 9.17) is 0 Å². The molecule has 1 aromatic rings. The van der Waals surface area contributed by atoms with Gasteiger partial charge in [-0.25, -0.2) is 4.39 Å². The van der Waals surface area contributed by atoms with Crippen molar-refractivity contribution in [2.24, 2.45) is 11.3 Å². The summed E-state index contributed by atoms with van der Waals surface area (Å²) >= 11 is 0. The summed E-state index contributed by atoms with van der Waals surface area (Å²) in [6, 6.07) is 6.69. The van der Waals surface area contributed by atoms with E-state index in [1.807, 2.05) is 24.8 Å². The maximum absolute atomic E-state index is 13.4. The van der Waals surface area contributed by atoms with E-state index < -0.39 is 0 Å². The van der Waals surface area contributed by atoms with Crippen LogP contribution in [-0.2, 0) is 11.3 Å². The minimum Gasteiger partial charge on any atom is -0.336 e. The molecule has 1 amide bonds. The number of piperidine rings is 1. The molecule has 1 spiro atoms. The van der Waals surface area contributed by atoms with E-state index in [1.165, 1.54) is 12.1 Å². The molecule has 1 atom stereocenters. The molecule has 22 heavy (non-hydrogen) atoms. The van der Waals surface area contributed by atoms with Crippen molar-refractivity contribution in [1.82, 2.24) is 10.2 Å². The highest BCUT2D eigenvalue weighted by atomic mass is 19.1. The van der Waals surface area contributed by atoms with E-state index in [9.17, 15) is 9.18 Å². The quantitative estimate of drug-likeness (QED) is 0.927. The van der Waals surface area contributed by atoms with Gasteiger partial charge in [0.2, 0.25) is 5.91 Å². The van der Waals surface area contributed by atoms with Gasteiger partial charge in [-0.3, -0.25) is 4.79 Å². The standard InChI is InChI=1S/C18H25FN2O/c1-13(2)21(12-14-4-3-5-15(19)10-14)17(22)16-11-18(16)6-8-20-9-7-18/h3-5,10,13,16,20H,6-9,11-12H2,1-2H3. The van der Waals surface area contributed by atoms with Gasteiger partial charge in [-0.05, 0) is 69.3 Å². The van der Waals surface area contributed by atoms with Crippen molar-refractivity contribution in [2.75, 3.05) is 13.1 Å². The lowest BCUT2D eigenvalue weighted by atomic mass is 9.91. The number of carbonyl (C=O) groups excluding carboxylic acids is 1. The van der Waals surface area contributed by atoms with Crippen LogP contribution in [0, 0.1) is 17.2 Å². The second-order valence-electron chi connectivity index (χ2n) is 7.06. The van der Waals surface area contributed by atoms with Gasteiger partial charge in [-0.2, -0.15) is 0 Å². The molecular weight excluding hydrogens is 279 g/mol. The molecule has 0 bridgehead atoms. The fraction of sp³-hybridized carbons (Fsp3) is 0.611. The lowest BCUT2D eigenvalue weighted by Gasteiger charge is -2.30. The Bertz CT molecular complexity index is 552. The lowest BCUT2D eigenvalue weighted by Crippen LogP contribution is -2.40. The van der Waals surface area contributed by atoms with Gasteiger partial charge in [0.15, 0.2) is 0 Å². The fourth-order valence-corrected chi connectivity index (χ4v) is 3.72. The number of halogens is 1. The Morgan fingerprint density at radius 1 is 1.41 bits per heavy atom. The second kappa shape index (κ2) is 5.99. The van der Waals surface area contributed by atoms with Gasteiger partial charge in [-0.1, -0.05) is 12.1 Å². The van der Waals surface area contributed by atoms with Crippen molar-refractivity contribution >= 4 is 5.91 Å². The molecule has 3 rings (SSSR count). The number of amides is 1. The topological polar surface area (TPSA) is 32.3 Å². The second-order valence-corrected chi connectivity index (χ2v) is 7.06. The van der Waals surface area contributed by atoms with Gasteiger partial charge >= 0.3 is 0 Å². The Morgan fingerprint density at radius 3 is 2.77 bits per heavy atom. The molecule has 2 aliphatic rings. The summed E-state index contributed by atoms with van der Waals surface area (Å²) in [5.41, 5.74) is 1.11. The van der Waals surface area contributed by atoms with Crippen molar-refractivity contribution in [1.29, 1.82) is 0 Å². The average molecular weight is 304 g/mol. The first kappa shape index (κ1) is 15.5. The number of carbonyl (C=O) groups is 1. The molecule has 1 heterocycles. The third-order valence-electron chi connectivity index (χ3n) is 5.24. The molecule has 1 aliphatic carbocycles. The third-order valence-corrected chi connectivity index (χ3v) is 5.24. The molecule has 120 valence electrons. The Labute approximate surface area is 131 Å². The summed E-state index contributed by atoms with van der Waals surface area (Å²) in [5.74, 6) is 0.182. The van der Waals surface area contributed by atoms with Crippen LogP contribution in [0.3, 0.4) is 0 Å². The summed E-state index contributed by atoms with van der Waals surface area (Å²) < 4.78 is 13.4. The molecule has 0 radical (unpaired) electrons. The zero-order valence-corrected chi connectivity index (χ0v) is 13.4. The van der Waals surface area contributed by atoms with Gasteiger partial charge in [0.1, 0.15) is 5.82 Å². The zero-order chi connectivity index (χ0) is 15.7. The van der Waals surface area contributed by atoms with Crippen molar-refractivity contribution in [3.05, 3.63) is 35.6 Å². The van der Waals surface area contributed by atoms with Crippen LogP contribution < -0.4 is 5.32 Å². The Balaban J connectivity index is 1.70. The van der Waals surface area contributed by atoms with E-state index in [0.717, 1.165) is 37.9 Å². The third kappa shape index (κ3) is 3.02. The Morgan fingerprint density at radius 2 is 2.14 bits per heavy atom.